The van der Waals surface area contributed by atoms with Crippen LogP contribution in [0, 0.1) is 17.2 Å². The maximum atomic E-state index is 10.6. The van der Waals surface area contributed by atoms with Crippen molar-refractivity contribution in [2.75, 3.05) is 0 Å². The van der Waals surface area contributed by atoms with Crippen LogP contribution in [0.1, 0.15) is 28.8 Å². The molecule has 1 saturated carbocycles. The lowest BCUT2D eigenvalue weighted by molar-refractivity contribution is 0.0987. The Kier molecular flexibility index (Phi) is 1.52. The van der Waals surface area contributed by atoms with E-state index >= 15 is 0 Å². The van der Waals surface area contributed by atoms with Crippen LogP contribution in [-0.2, 0) is 0 Å². The molecule has 0 radical (unpaired) electrons. The molecule has 1 aromatic rings. The molecule has 66 valence electrons. The van der Waals surface area contributed by atoms with Gasteiger partial charge in [-0.25, -0.2) is 0 Å². The number of aromatic nitrogens is 2. The molecule has 0 saturated heterocycles. The lowest BCUT2D eigenvalue weighted by Gasteiger charge is -1.81. The summed E-state index contributed by atoms with van der Waals surface area (Å²) >= 11 is 0. The second-order valence-corrected chi connectivity index (χ2v) is 2.90. The third-order valence-electron chi connectivity index (χ3n) is 1.94. The van der Waals surface area contributed by atoms with Gasteiger partial charge in [0.25, 0.3) is 11.7 Å². The highest BCUT2D eigenvalue weighted by atomic mass is 16.5. The molecule has 6 nitrogen and oxygen atoms in total. The minimum atomic E-state index is -0.718. The van der Waals surface area contributed by atoms with Gasteiger partial charge in [-0.3, -0.25) is 4.79 Å². The molecule has 2 N–H and O–H groups in total. The summed E-state index contributed by atoms with van der Waals surface area (Å²) in [5.41, 5.74) is 4.93. The van der Waals surface area contributed by atoms with Gasteiger partial charge in [-0.15, -0.1) is 0 Å². The molecule has 1 heterocycles. The van der Waals surface area contributed by atoms with E-state index in [2.05, 4.69) is 16.2 Å². The summed E-state index contributed by atoms with van der Waals surface area (Å²) in [7, 11) is 0. The zero-order valence-corrected chi connectivity index (χ0v) is 6.60. The van der Waals surface area contributed by atoms with Crippen molar-refractivity contribution in [1.82, 2.24) is 10.1 Å². The molecule has 2 unspecified atom stereocenters. The van der Waals surface area contributed by atoms with E-state index in [1.807, 2.05) is 0 Å². The molecule has 0 spiro atoms. The first kappa shape index (κ1) is 7.73. The Hall–Kier alpha value is -1.90. The molecule has 1 fully saturated rings. The summed E-state index contributed by atoms with van der Waals surface area (Å²) < 4.78 is 4.77. The van der Waals surface area contributed by atoms with E-state index in [1.54, 1.807) is 0 Å². The van der Waals surface area contributed by atoms with Crippen molar-refractivity contribution in [2.24, 2.45) is 11.7 Å². The Morgan fingerprint density at radius 3 is 3.00 bits per heavy atom. The fourth-order valence-corrected chi connectivity index (χ4v) is 1.10. The van der Waals surface area contributed by atoms with Crippen LogP contribution in [-0.4, -0.2) is 16.0 Å². The highest BCUT2D eigenvalue weighted by molar-refractivity contribution is 5.88. The lowest BCUT2D eigenvalue weighted by Crippen LogP contribution is -2.12. The van der Waals surface area contributed by atoms with Crippen LogP contribution >= 0.6 is 0 Å². The summed E-state index contributed by atoms with van der Waals surface area (Å²) in [6, 6.07) is 2.08. The van der Waals surface area contributed by atoms with E-state index in [0.717, 1.165) is 6.42 Å². The SMILES string of the molecule is N#CC1CC1c1nc(C(N)=O)no1. The van der Waals surface area contributed by atoms with E-state index in [-0.39, 0.29) is 17.7 Å². The molecule has 0 aromatic carbocycles. The molecule has 2 rings (SSSR count). The molecular weight excluding hydrogens is 172 g/mol. The van der Waals surface area contributed by atoms with Crippen molar-refractivity contribution >= 4 is 5.91 Å². The first-order valence-electron chi connectivity index (χ1n) is 3.75. The topological polar surface area (TPSA) is 106 Å². The maximum Gasteiger partial charge on any atom is 0.290 e. The monoisotopic (exact) mass is 178 g/mol. The number of rotatable bonds is 2. The largest absolute Gasteiger partial charge is 0.363 e. The van der Waals surface area contributed by atoms with Crippen LogP contribution in [0.2, 0.25) is 0 Å². The number of nitriles is 1. The highest BCUT2D eigenvalue weighted by Gasteiger charge is 2.43. The third kappa shape index (κ3) is 1.24. The number of carbonyl (C=O) groups excluding carboxylic acids is 1. The Morgan fingerprint density at radius 2 is 2.54 bits per heavy atom. The van der Waals surface area contributed by atoms with Crippen molar-refractivity contribution < 1.29 is 9.32 Å². The minimum Gasteiger partial charge on any atom is -0.363 e. The molecule has 1 aromatic heterocycles. The van der Waals surface area contributed by atoms with E-state index in [0.29, 0.717) is 5.89 Å². The number of primary amides is 1. The number of hydrogen-bond acceptors (Lipinski definition) is 5. The van der Waals surface area contributed by atoms with Gasteiger partial charge in [-0.1, -0.05) is 5.16 Å². The van der Waals surface area contributed by atoms with Crippen LogP contribution in [0.15, 0.2) is 4.52 Å². The standard InChI is InChI=1S/C7H6N4O2/c8-2-3-1-4(3)7-10-6(5(9)12)11-13-7/h3-4H,1H2,(H2,9,12). The van der Waals surface area contributed by atoms with Crippen LogP contribution < -0.4 is 5.73 Å². The van der Waals surface area contributed by atoms with Crippen molar-refractivity contribution in [1.29, 1.82) is 5.26 Å². The molecule has 0 bridgehead atoms. The van der Waals surface area contributed by atoms with Gasteiger partial charge in [0, 0.05) is 0 Å². The van der Waals surface area contributed by atoms with Crippen molar-refractivity contribution in [3.8, 4) is 6.07 Å². The normalized spacial score (nSPS) is 25.2. The van der Waals surface area contributed by atoms with E-state index in [4.69, 9.17) is 15.5 Å². The van der Waals surface area contributed by atoms with Crippen LogP contribution in [0.3, 0.4) is 0 Å². The average Bonchev–Trinajstić information content (AvgIpc) is 2.73. The van der Waals surface area contributed by atoms with Crippen LogP contribution in [0.4, 0.5) is 0 Å². The Bertz CT molecular complexity index is 391. The summed E-state index contributed by atoms with van der Waals surface area (Å²) in [6.07, 6.45) is 0.719. The van der Waals surface area contributed by atoms with Gasteiger partial charge in [0.2, 0.25) is 5.89 Å². The first-order valence-corrected chi connectivity index (χ1v) is 3.75. The molecule has 1 amide bonds. The van der Waals surface area contributed by atoms with Crippen molar-refractivity contribution in [3.05, 3.63) is 11.7 Å². The van der Waals surface area contributed by atoms with Crippen LogP contribution in [0.5, 0.6) is 0 Å². The zero-order chi connectivity index (χ0) is 9.42. The van der Waals surface area contributed by atoms with Crippen molar-refractivity contribution in [2.45, 2.75) is 12.3 Å². The predicted octanol–water partition coefficient (Wildman–Crippen LogP) is -0.204. The predicted molar refractivity (Wildman–Crippen MR) is 39.3 cm³/mol. The molecule has 2 atom stereocenters. The minimum absolute atomic E-state index is 0.00870. The van der Waals surface area contributed by atoms with Crippen LogP contribution in [0.25, 0.3) is 0 Å². The molecule has 1 aliphatic rings. The van der Waals surface area contributed by atoms with E-state index in [9.17, 15) is 4.79 Å². The number of carbonyl (C=O) groups is 1. The van der Waals surface area contributed by atoms with E-state index < -0.39 is 5.91 Å². The second kappa shape index (κ2) is 2.55. The number of nitrogens with zero attached hydrogens (tertiary/aromatic N) is 3. The Labute approximate surface area is 73.3 Å². The molecule has 6 heteroatoms. The Morgan fingerprint density at radius 1 is 1.77 bits per heavy atom. The Balaban J connectivity index is 2.16. The zero-order valence-electron chi connectivity index (χ0n) is 6.60. The number of hydrogen-bond donors (Lipinski definition) is 1. The van der Waals surface area contributed by atoms with Gasteiger partial charge in [-0.2, -0.15) is 10.2 Å². The quantitative estimate of drug-likeness (QED) is 0.674. The molecule has 13 heavy (non-hydrogen) atoms. The van der Waals surface area contributed by atoms with Gasteiger partial charge < -0.3 is 10.3 Å². The average molecular weight is 178 g/mol. The highest BCUT2D eigenvalue weighted by Crippen LogP contribution is 2.45. The molecule has 1 aliphatic carbocycles. The number of amides is 1. The van der Waals surface area contributed by atoms with E-state index in [1.165, 1.54) is 0 Å². The summed E-state index contributed by atoms with van der Waals surface area (Å²) in [5.74, 6) is -0.574. The van der Waals surface area contributed by atoms with Crippen molar-refractivity contribution in [3.63, 3.8) is 0 Å². The van der Waals surface area contributed by atoms with Gasteiger partial charge in [-0.05, 0) is 6.42 Å². The summed E-state index contributed by atoms with van der Waals surface area (Å²) in [6.45, 7) is 0. The fraction of sp³-hybridized carbons (Fsp3) is 0.429. The first-order chi connectivity index (χ1) is 6.22. The maximum absolute atomic E-state index is 10.6. The van der Waals surface area contributed by atoms with Gasteiger partial charge in [0.1, 0.15) is 0 Å². The van der Waals surface area contributed by atoms with Gasteiger partial charge >= 0.3 is 0 Å². The number of nitrogens with two attached hydrogens (primary N) is 1. The smallest absolute Gasteiger partial charge is 0.290 e. The summed E-state index contributed by atoms with van der Waals surface area (Å²) in [4.78, 5) is 14.3. The fourth-order valence-electron chi connectivity index (χ4n) is 1.10. The lowest BCUT2D eigenvalue weighted by atomic mass is 10.3. The molecular formula is C7H6N4O2. The van der Waals surface area contributed by atoms with Gasteiger partial charge in [0.15, 0.2) is 0 Å². The summed E-state index contributed by atoms with van der Waals surface area (Å²) in [5, 5.41) is 11.9. The second-order valence-electron chi connectivity index (χ2n) is 2.90. The van der Waals surface area contributed by atoms with Gasteiger partial charge in [0.05, 0.1) is 17.9 Å². The molecule has 0 aliphatic heterocycles. The third-order valence-corrected chi connectivity index (χ3v) is 1.94.